The summed E-state index contributed by atoms with van der Waals surface area (Å²) in [4.78, 5) is 24.8. The molecule has 8 nitrogen and oxygen atoms in total. The normalized spacial score (nSPS) is 29.9. The number of nitrogens with zero attached hydrogens (tertiary/aromatic N) is 1. The van der Waals surface area contributed by atoms with Crippen molar-refractivity contribution in [3.05, 3.63) is 32.3 Å². The van der Waals surface area contributed by atoms with E-state index in [1.165, 1.54) is 6.92 Å². The van der Waals surface area contributed by atoms with Gasteiger partial charge < -0.3 is 20.1 Å². The molecule has 112 valence electrons. The summed E-state index contributed by atoms with van der Waals surface area (Å²) >= 11 is 0. The molecular formula is C11H15FN2O6. The fourth-order valence-electron chi connectivity index (χ4n) is 2.26. The van der Waals surface area contributed by atoms with Crippen molar-refractivity contribution >= 4 is 0 Å². The first-order valence-corrected chi connectivity index (χ1v) is 6.08. The molecule has 1 aromatic heterocycles. The van der Waals surface area contributed by atoms with Crippen LogP contribution in [0.2, 0.25) is 0 Å². The molecule has 4 atom stereocenters. The first-order chi connectivity index (χ1) is 9.42. The lowest BCUT2D eigenvalue weighted by atomic mass is 10.1. The highest BCUT2D eigenvalue weighted by Crippen LogP contribution is 2.29. The minimum Gasteiger partial charge on any atom is -0.394 e. The van der Waals surface area contributed by atoms with E-state index in [-0.39, 0.29) is 12.1 Å². The molecular weight excluding hydrogens is 275 g/mol. The second kappa shape index (κ2) is 5.44. The predicted octanol–water partition coefficient (Wildman–Crippen LogP) is -2.15. The predicted molar refractivity (Wildman–Crippen MR) is 63.7 cm³/mol. The van der Waals surface area contributed by atoms with Crippen LogP contribution in [0.3, 0.4) is 0 Å². The van der Waals surface area contributed by atoms with Crippen molar-refractivity contribution in [3.8, 4) is 0 Å². The largest absolute Gasteiger partial charge is 0.394 e. The Kier molecular flexibility index (Phi) is 4.04. The van der Waals surface area contributed by atoms with Crippen molar-refractivity contribution in [2.24, 2.45) is 0 Å². The summed E-state index contributed by atoms with van der Waals surface area (Å²) < 4.78 is 19.7. The maximum atomic E-state index is 13.7. The van der Waals surface area contributed by atoms with Gasteiger partial charge in [-0.3, -0.25) is 14.3 Å². The summed E-state index contributed by atoms with van der Waals surface area (Å²) in [5, 5.41) is 28.5. The molecule has 1 aliphatic rings. The Hall–Kier alpha value is -1.55. The average Bonchev–Trinajstić information content (AvgIpc) is 2.70. The van der Waals surface area contributed by atoms with Crippen molar-refractivity contribution in [2.45, 2.75) is 37.9 Å². The van der Waals surface area contributed by atoms with Gasteiger partial charge in [0, 0.05) is 0 Å². The molecule has 0 bridgehead atoms. The number of aliphatic hydroxyl groups is 3. The number of aromatic amines is 1. The van der Waals surface area contributed by atoms with Crippen LogP contribution in [0.1, 0.15) is 18.8 Å². The number of hydrogen-bond acceptors (Lipinski definition) is 6. The van der Waals surface area contributed by atoms with E-state index in [9.17, 15) is 24.2 Å². The Morgan fingerprint density at radius 3 is 2.50 bits per heavy atom. The van der Waals surface area contributed by atoms with Gasteiger partial charge >= 0.3 is 5.69 Å². The van der Waals surface area contributed by atoms with Crippen LogP contribution in [0.4, 0.5) is 4.39 Å². The third-order valence-electron chi connectivity index (χ3n) is 3.29. The van der Waals surface area contributed by atoms with Gasteiger partial charge in [0.15, 0.2) is 6.23 Å². The molecule has 2 heterocycles. The van der Waals surface area contributed by atoms with Crippen molar-refractivity contribution in [1.29, 1.82) is 0 Å². The van der Waals surface area contributed by atoms with Crippen LogP contribution in [0.5, 0.6) is 0 Å². The molecule has 1 aliphatic heterocycles. The quantitative estimate of drug-likeness (QED) is 0.503. The van der Waals surface area contributed by atoms with Crippen LogP contribution < -0.4 is 11.2 Å². The lowest BCUT2D eigenvalue weighted by Crippen LogP contribution is -2.41. The Morgan fingerprint density at radius 2 is 2.00 bits per heavy atom. The number of H-pyrrole nitrogens is 1. The molecule has 1 fully saturated rings. The molecule has 20 heavy (non-hydrogen) atoms. The topological polar surface area (TPSA) is 125 Å². The molecule has 4 N–H and O–H groups in total. The number of aromatic nitrogens is 2. The first-order valence-electron chi connectivity index (χ1n) is 6.08. The molecule has 1 aromatic rings. The van der Waals surface area contributed by atoms with Gasteiger partial charge in [-0.1, -0.05) is 6.92 Å². The molecule has 2 rings (SSSR count). The molecule has 4 unspecified atom stereocenters. The summed E-state index contributed by atoms with van der Waals surface area (Å²) in [6, 6.07) is 0. The first kappa shape index (κ1) is 14.9. The average molecular weight is 290 g/mol. The van der Waals surface area contributed by atoms with Crippen LogP contribution >= 0.6 is 0 Å². The van der Waals surface area contributed by atoms with E-state index in [2.05, 4.69) is 0 Å². The van der Waals surface area contributed by atoms with Gasteiger partial charge in [-0.05, 0) is 6.42 Å². The lowest BCUT2D eigenvalue weighted by Gasteiger charge is -2.20. The van der Waals surface area contributed by atoms with Gasteiger partial charge in [0.2, 0.25) is 5.82 Å². The van der Waals surface area contributed by atoms with Crippen molar-refractivity contribution < 1.29 is 24.4 Å². The summed E-state index contributed by atoms with van der Waals surface area (Å²) in [7, 11) is 0. The highest BCUT2D eigenvalue weighted by atomic mass is 19.1. The smallest absolute Gasteiger partial charge is 0.330 e. The maximum absolute atomic E-state index is 13.7. The number of hydrogen-bond donors (Lipinski definition) is 4. The summed E-state index contributed by atoms with van der Waals surface area (Å²) in [6.45, 7) is 0.950. The van der Waals surface area contributed by atoms with Gasteiger partial charge in [0.1, 0.15) is 18.3 Å². The second-order valence-electron chi connectivity index (χ2n) is 4.47. The Morgan fingerprint density at radius 1 is 1.35 bits per heavy atom. The number of rotatable bonds is 3. The van der Waals surface area contributed by atoms with Gasteiger partial charge in [-0.25, -0.2) is 4.79 Å². The molecule has 0 radical (unpaired) electrons. The fraction of sp³-hybridized carbons (Fsp3) is 0.636. The van der Waals surface area contributed by atoms with Crippen LogP contribution in [0.15, 0.2) is 9.59 Å². The van der Waals surface area contributed by atoms with E-state index in [0.717, 1.165) is 4.57 Å². The van der Waals surface area contributed by atoms with E-state index in [1.807, 2.05) is 0 Å². The van der Waals surface area contributed by atoms with E-state index < -0.39 is 48.2 Å². The zero-order valence-corrected chi connectivity index (χ0v) is 10.6. The van der Waals surface area contributed by atoms with Crippen LogP contribution in [-0.2, 0) is 11.2 Å². The van der Waals surface area contributed by atoms with E-state index >= 15 is 0 Å². The standard InChI is InChI=1S/C11H15FN2O6/c1-2-4-6(12)9(18)13-11(19)14(4)10-8(17)7(16)5(3-15)20-10/h5,7-8,10,15-17H,2-3H2,1H3,(H,13,18,19). The van der Waals surface area contributed by atoms with E-state index in [1.54, 1.807) is 4.98 Å². The van der Waals surface area contributed by atoms with Gasteiger partial charge in [0.25, 0.3) is 5.56 Å². The van der Waals surface area contributed by atoms with Gasteiger partial charge in [0.05, 0.1) is 12.3 Å². The number of nitrogens with one attached hydrogen (secondary N) is 1. The fourth-order valence-corrected chi connectivity index (χ4v) is 2.26. The number of halogens is 1. The Balaban J connectivity index is 2.57. The summed E-state index contributed by atoms with van der Waals surface area (Å²) in [5.41, 5.74) is -2.36. The zero-order valence-electron chi connectivity index (χ0n) is 10.6. The highest BCUT2D eigenvalue weighted by Gasteiger charge is 2.44. The Labute approximate surface area is 112 Å². The summed E-state index contributed by atoms with van der Waals surface area (Å²) in [6.07, 6.45) is -5.41. The van der Waals surface area contributed by atoms with Crippen molar-refractivity contribution in [1.82, 2.24) is 9.55 Å². The molecule has 0 aromatic carbocycles. The highest BCUT2D eigenvalue weighted by molar-refractivity contribution is 5.07. The van der Waals surface area contributed by atoms with Gasteiger partial charge in [-0.2, -0.15) is 4.39 Å². The van der Waals surface area contributed by atoms with Crippen LogP contribution in [0.25, 0.3) is 0 Å². The number of aliphatic hydroxyl groups excluding tert-OH is 3. The maximum Gasteiger partial charge on any atom is 0.330 e. The molecule has 0 amide bonds. The molecule has 0 saturated carbocycles. The van der Waals surface area contributed by atoms with Crippen LogP contribution in [-0.4, -0.2) is 49.8 Å². The number of ether oxygens (including phenoxy) is 1. The molecule has 9 heteroatoms. The SMILES string of the molecule is CCc1c(F)c(=O)[nH]c(=O)n1C1OC(CO)C(O)C1O. The summed E-state index contributed by atoms with van der Waals surface area (Å²) in [5.74, 6) is -1.15. The van der Waals surface area contributed by atoms with Crippen molar-refractivity contribution in [2.75, 3.05) is 6.61 Å². The van der Waals surface area contributed by atoms with Gasteiger partial charge in [-0.15, -0.1) is 0 Å². The third-order valence-corrected chi connectivity index (χ3v) is 3.29. The van der Waals surface area contributed by atoms with E-state index in [4.69, 9.17) is 9.84 Å². The molecule has 0 spiro atoms. The second-order valence-corrected chi connectivity index (χ2v) is 4.47. The van der Waals surface area contributed by atoms with E-state index in [0.29, 0.717) is 0 Å². The monoisotopic (exact) mass is 290 g/mol. The lowest BCUT2D eigenvalue weighted by molar-refractivity contribution is -0.0567. The minimum absolute atomic E-state index is 0.0114. The van der Waals surface area contributed by atoms with Crippen LogP contribution in [0, 0.1) is 5.82 Å². The molecule has 1 saturated heterocycles. The minimum atomic E-state index is -1.53. The third kappa shape index (κ3) is 2.18. The molecule has 0 aliphatic carbocycles. The zero-order chi connectivity index (χ0) is 15.0. The Bertz CT molecular complexity index is 612. The van der Waals surface area contributed by atoms with Crippen molar-refractivity contribution in [3.63, 3.8) is 0 Å².